The number of hydrogen-bond acceptors (Lipinski definition) is 3. The Morgan fingerprint density at radius 3 is 2.55 bits per heavy atom. The van der Waals surface area contributed by atoms with E-state index in [1.165, 1.54) is 9.75 Å². The molecule has 1 aromatic rings. The van der Waals surface area contributed by atoms with E-state index >= 15 is 0 Å². The summed E-state index contributed by atoms with van der Waals surface area (Å²) in [4.78, 5) is 27.9. The Bertz CT molecular complexity index is 509. The fourth-order valence-corrected chi connectivity index (χ4v) is 3.64. The lowest BCUT2D eigenvalue weighted by atomic mass is 10.1. The minimum Gasteiger partial charge on any atom is -0.354 e. The van der Waals surface area contributed by atoms with E-state index in [0.29, 0.717) is 19.6 Å². The van der Waals surface area contributed by atoms with Gasteiger partial charge in [-0.25, -0.2) is 4.79 Å². The van der Waals surface area contributed by atoms with Crippen LogP contribution < -0.4 is 10.6 Å². The SMILES string of the molecule is Cc1ccc(CN(C)C(=O)NCCNC(=O)C2CCCC2)s1. The van der Waals surface area contributed by atoms with Gasteiger partial charge in [-0.2, -0.15) is 0 Å². The number of carbonyl (C=O) groups excluding carboxylic acids is 2. The van der Waals surface area contributed by atoms with Gasteiger partial charge in [0.25, 0.3) is 0 Å². The van der Waals surface area contributed by atoms with Gasteiger partial charge >= 0.3 is 6.03 Å². The van der Waals surface area contributed by atoms with E-state index in [2.05, 4.69) is 23.6 Å². The van der Waals surface area contributed by atoms with Crippen LogP contribution in [-0.4, -0.2) is 37.0 Å². The highest BCUT2D eigenvalue weighted by atomic mass is 32.1. The van der Waals surface area contributed by atoms with Crippen molar-refractivity contribution < 1.29 is 9.59 Å². The maximum Gasteiger partial charge on any atom is 0.317 e. The third kappa shape index (κ3) is 5.02. The molecular weight excluding hydrogens is 298 g/mol. The smallest absolute Gasteiger partial charge is 0.317 e. The van der Waals surface area contributed by atoms with Crippen LogP contribution in [0.1, 0.15) is 35.4 Å². The van der Waals surface area contributed by atoms with Crippen LogP contribution in [0.2, 0.25) is 0 Å². The Hall–Kier alpha value is -1.56. The molecule has 22 heavy (non-hydrogen) atoms. The highest BCUT2D eigenvalue weighted by Crippen LogP contribution is 2.24. The van der Waals surface area contributed by atoms with Crippen molar-refractivity contribution in [1.82, 2.24) is 15.5 Å². The number of nitrogens with zero attached hydrogens (tertiary/aromatic N) is 1. The maximum atomic E-state index is 12.0. The van der Waals surface area contributed by atoms with Crippen molar-refractivity contribution in [3.05, 3.63) is 21.9 Å². The summed E-state index contributed by atoms with van der Waals surface area (Å²) in [5.74, 6) is 0.314. The zero-order chi connectivity index (χ0) is 15.9. The molecule has 0 aromatic carbocycles. The third-order valence-corrected chi connectivity index (χ3v) is 4.95. The number of rotatable bonds is 6. The van der Waals surface area contributed by atoms with Gasteiger partial charge in [-0.05, 0) is 31.9 Å². The molecule has 5 nitrogen and oxygen atoms in total. The number of nitrogens with one attached hydrogen (secondary N) is 2. The van der Waals surface area contributed by atoms with E-state index in [1.54, 1.807) is 23.3 Å². The monoisotopic (exact) mass is 323 g/mol. The van der Waals surface area contributed by atoms with Crippen LogP contribution in [0.25, 0.3) is 0 Å². The number of hydrogen-bond donors (Lipinski definition) is 2. The van der Waals surface area contributed by atoms with Crippen LogP contribution in [0.15, 0.2) is 12.1 Å². The molecular formula is C16H25N3O2S. The molecule has 0 radical (unpaired) electrons. The lowest BCUT2D eigenvalue weighted by Crippen LogP contribution is -2.41. The van der Waals surface area contributed by atoms with E-state index in [-0.39, 0.29) is 17.9 Å². The number of amides is 3. The van der Waals surface area contributed by atoms with Crippen LogP contribution >= 0.6 is 11.3 Å². The van der Waals surface area contributed by atoms with Crippen molar-refractivity contribution in [3.63, 3.8) is 0 Å². The van der Waals surface area contributed by atoms with Crippen molar-refractivity contribution in [1.29, 1.82) is 0 Å². The van der Waals surface area contributed by atoms with E-state index in [9.17, 15) is 9.59 Å². The minimum absolute atomic E-state index is 0.110. The first-order chi connectivity index (χ1) is 10.6. The Morgan fingerprint density at radius 1 is 1.23 bits per heavy atom. The van der Waals surface area contributed by atoms with E-state index in [4.69, 9.17) is 0 Å². The Balaban J connectivity index is 1.61. The molecule has 0 bridgehead atoms. The maximum absolute atomic E-state index is 12.0. The van der Waals surface area contributed by atoms with Crippen molar-refractivity contribution in [3.8, 4) is 0 Å². The summed E-state index contributed by atoms with van der Waals surface area (Å²) in [6.45, 7) is 3.62. The highest BCUT2D eigenvalue weighted by Gasteiger charge is 2.22. The van der Waals surface area contributed by atoms with E-state index in [0.717, 1.165) is 25.7 Å². The predicted molar refractivity (Wildman–Crippen MR) is 88.9 cm³/mol. The van der Waals surface area contributed by atoms with Crippen LogP contribution in [0.4, 0.5) is 4.79 Å². The Kier molecular flexibility index (Phi) is 6.24. The predicted octanol–water partition coefficient (Wildman–Crippen LogP) is 2.50. The molecule has 0 atom stereocenters. The van der Waals surface area contributed by atoms with Crippen molar-refractivity contribution >= 4 is 23.3 Å². The van der Waals surface area contributed by atoms with E-state index < -0.39 is 0 Å². The summed E-state index contributed by atoms with van der Waals surface area (Å²) in [6, 6.07) is 4.00. The number of thiophene rings is 1. The molecule has 0 spiro atoms. The van der Waals surface area contributed by atoms with Crippen molar-refractivity contribution in [2.75, 3.05) is 20.1 Å². The highest BCUT2D eigenvalue weighted by molar-refractivity contribution is 7.11. The topological polar surface area (TPSA) is 61.4 Å². The second kappa shape index (κ2) is 8.17. The number of aryl methyl sites for hydroxylation is 1. The average molecular weight is 323 g/mol. The minimum atomic E-state index is -0.110. The molecule has 1 fully saturated rings. The van der Waals surface area contributed by atoms with Gasteiger partial charge in [0.2, 0.25) is 5.91 Å². The zero-order valence-corrected chi connectivity index (χ0v) is 14.2. The molecule has 0 unspecified atom stereocenters. The molecule has 1 saturated carbocycles. The first-order valence-electron chi connectivity index (χ1n) is 7.88. The fraction of sp³-hybridized carbons (Fsp3) is 0.625. The lowest BCUT2D eigenvalue weighted by Gasteiger charge is -2.17. The molecule has 2 rings (SSSR count). The first-order valence-corrected chi connectivity index (χ1v) is 8.70. The molecule has 3 amide bonds. The van der Waals surface area contributed by atoms with Gasteiger partial charge in [0, 0.05) is 35.8 Å². The van der Waals surface area contributed by atoms with Crippen molar-refractivity contribution in [2.24, 2.45) is 5.92 Å². The normalized spacial score (nSPS) is 14.8. The molecule has 0 aliphatic heterocycles. The quantitative estimate of drug-likeness (QED) is 0.790. The molecule has 1 heterocycles. The molecule has 6 heteroatoms. The number of urea groups is 1. The van der Waals surface area contributed by atoms with Crippen LogP contribution in [-0.2, 0) is 11.3 Å². The average Bonchev–Trinajstić information content (AvgIpc) is 3.14. The van der Waals surface area contributed by atoms with Gasteiger partial charge in [0.1, 0.15) is 0 Å². The molecule has 2 N–H and O–H groups in total. The summed E-state index contributed by atoms with van der Waals surface area (Å²) in [5, 5.41) is 5.73. The molecule has 1 aliphatic rings. The van der Waals surface area contributed by atoms with Gasteiger partial charge < -0.3 is 15.5 Å². The van der Waals surface area contributed by atoms with Gasteiger partial charge in [0.15, 0.2) is 0 Å². The standard InChI is InChI=1S/C16H25N3O2S/c1-12-7-8-14(22-12)11-19(2)16(21)18-10-9-17-15(20)13-5-3-4-6-13/h7-8,13H,3-6,9-11H2,1-2H3,(H,17,20)(H,18,21). The first kappa shape index (κ1) is 16.8. The van der Waals surface area contributed by atoms with Crippen LogP contribution in [0.3, 0.4) is 0 Å². The summed E-state index contributed by atoms with van der Waals surface area (Å²) in [7, 11) is 1.78. The number of carbonyl (C=O) groups is 2. The summed E-state index contributed by atoms with van der Waals surface area (Å²) in [5.41, 5.74) is 0. The Labute approximate surface area is 136 Å². The van der Waals surface area contributed by atoms with Gasteiger partial charge in [-0.3, -0.25) is 4.79 Å². The van der Waals surface area contributed by atoms with Crippen molar-refractivity contribution in [2.45, 2.75) is 39.2 Å². The second-order valence-electron chi connectivity index (χ2n) is 5.87. The summed E-state index contributed by atoms with van der Waals surface area (Å²) < 4.78 is 0. The molecule has 1 aromatic heterocycles. The van der Waals surface area contributed by atoms with Crippen LogP contribution in [0, 0.1) is 12.8 Å². The second-order valence-corrected chi connectivity index (χ2v) is 7.25. The van der Waals surface area contributed by atoms with Crippen LogP contribution in [0.5, 0.6) is 0 Å². The summed E-state index contributed by atoms with van der Waals surface area (Å²) >= 11 is 1.70. The Morgan fingerprint density at radius 2 is 1.91 bits per heavy atom. The lowest BCUT2D eigenvalue weighted by molar-refractivity contribution is -0.124. The fourth-order valence-electron chi connectivity index (χ4n) is 2.70. The molecule has 122 valence electrons. The van der Waals surface area contributed by atoms with Gasteiger partial charge in [0.05, 0.1) is 6.54 Å². The molecule has 1 aliphatic carbocycles. The zero-order valence-electron chi connectivity index (χ0n) is 13.4. The largest absolute Gasteiger partial charge is 0.354 e. The summed E-state index contributed by atoms with van der Waals surface area (Å²) in [6.07, 6.45) is 4.31. The van der Waals surface area contributed by atoms with E-state index in [1.807, 2.05) is 6.07 Å². The van der Waals surface area contributed by atoms with Gasteiger partial charge in [-0.15, -0.1) is 11.3 Å². The third-order valence-electron chi connectivity index (χ3n) is 3.96. The van der Waals surface area contributed by atoms with Gasteiger partial charge in [-0.1, -0.05) is 12.8 Å². The molecule has 0 saturated heterocycles.